The molecule has 24 heavy (non-hydrogen) atoms. The zero-order chi connectivity index (χ0) is 17.3. The number of nitrogens with one attached hydrogen (secondary N) is 1. The third kappa shape index (κ3) is 3.50. The maximum absolute atomic E-state index is 13.6. The van der Waals surface area contributed by atoms with Crippen LogP contribution in [0.15, 0.2) is 36.4 Å². The summed E-state index contributed by atoms with van der Waals surface area (Å²) in [6, 6.07) is 10.1. The molecule has 3 nitrogen and oxygen atoms in total. The molecule has 1 aliphatic carbocycles. The maximum atomic E-state index is 13.6. The largest absolute Gasteiger partial charge is 0.494 e. The monoisotopic (exact) mass is 367 g/mol. The van der Waals surface area contributed by atoms with Gasteiger partial charge in [-0.15, -0.1) is 0 Å². The zero-order valence-electron chi connectivity index (χ0n) is 13.0. The van der Waals surface area contributed by atoms with Crippen molar-refractivity contribution in [3.8, 4) is 5.75 Å². The number of hydrogen-bond donors (Lipinski definition) is 1. The van der Waals surface area contributed by atoms with Gasteiger partial charge in [-0.05, 0) is 41.7 Å². The smallest absolute Gasteiger partial charge is 0.224 e. The number of benzene rings is 2. The highest BCUT2D eigenvalue weighted by Gasteiger charge is 2.44. The number of carbonyl (C=O) groups excluding carboxylic acids is 1. The second-order valence-electron chi connectivity index (χ2n) is 5.78. The first kappa shape index (κ1) is 17.1. The predicted octanol–water partition coefficient (Wildman–Crippen LogP) is 4.56. The standard InChI is InChI=1S/C18H16Cl2FNO2/c1-24-16-6-5-10(7-15(16)21)9-22-18(23)13-8-12(13)11-3-2-4-14(19)17(11)20/h2-7,12-13H,8-9H2,1H3,(H,22,23)/t12-,13+/m0/s1. The Kier molecular flexibility index (Phi) is 4.97. The Labute approximate surface area is 149 Å². The highest BCUT2D eigenvalue weighted by atomic mass is 35.5. The normalized spacial score (nSPS) is 19.0. The minimum atomic E-state index is -0.445. The van der Waals surface area contributed by atoms with Gasteiger partial charge < -0.3 is 10.1 Å². The second kappa shape index (κ2) is 6.99. The Morgan fingerprint density at radius 3 is 2.83 bits per heavy atom. The molecular weight excluding hydrogens is 352 g/mol. The third-order valence-corrected chi connectivity index (χ3v) is 5.02. The van der Waals surface area contributed by atoms with Crippen LogP contribution >= 0.6 is 23.2 Å². The van der Waals surface area contributed by atoms with Crippen molar-refractivity contribution in [2.45, 2.75) is 18.9 Å². The summed E-state index contributed by atoms with van der Waals surface area (Å²) in [5, 5.41) is 3.84. The van der Waals surface area contributed by atoms with Gasteiger partial charge in [-0.2, -0.15) is 0 Å². The first-order valence-electron chi connectivity index (χ1n) is 7.55. The molecule has 0 bridgehead atoms. The lowest BCUT2D eigenvalue weighted by molar-refractivity contribution is -0.122. The molecule has 2 atom stereocenters. The van der Waals surface area contributed by atoms with Gasteiger partial charge in [0.05, 0.1) is 17.2 Å². The number of methoxy groups -OCH3 is 1. The van der Waals surface area contributed by atoms with E-state index in [9.17, 15) is 9.18 Å². The highest BCUT2D eigenvalue weighted by molar-refractivity contribution is 6.42. The van der Waals surface area contributed by atoms with Crippen LogP contribution < -0.4 is 10.1 Å². The van der Waals surface area contributed by atoms with Crippen molar-refractivity contribution >= 4 is 29.1 Å². The third-order valence-electron chi connectivity index (χ3n) is 4.19. The number of halogens is 3. The second-order valence-corrected chi connectivity index (χ2v) is 6.56. The molecule has 3 rings (SSSR count). The Bertz CT molecular complexity index is 782. The van der Waals surface area contributed by atoms with Crippen molar-refractivity contribution in [3.05, 3.63) is 63.4 Å². The van der Waals surface area contributed by atoms with Gasteiger partial charge in [0.1, 0.15) is 0 Å². The topological polar surface area (TPSA) is 38.3 Å². The Balaban J connectivity index is 1.59. The number of amides is 1. The Morgan fingerprint density at radius 2 is 2.12 bits per heavy atom. The number of hydrogen-bond acceptors (Lipinski definition) is 2. The van der Waals surface area contributed by atoms with E-state index in [0.717, 1.165) is 12.0 Å². The zero-order valence-corrected chi connectivity index (χ0v) is 14.5. The van der Waals surface area contributed by atoms with Crippen LogP contribution in [-0.4, -0.2) is 13.0 Å². The molecule has 0 aromatic heterocycles. The van der Waals surface area contributed by atoms with Gasteiger partial charge in [0.2, 0.25) is 5.91 Å². The van der Waals surface area contributed by atoms with Crippen LogP contribution in [0.1, 0.15) is 23.5 Å². The van der Waals surface area contributed by atoms with Crippen LogP contribution in [-0.2, 0) is 11.3 Å². The maximum Gasteiger partial charge on any atom is 0.224 e. The molecule has 2 aromatic carbocycles. The van der Waals surface area contributed by atoms with Gasteiger partial charge >= 0.3 is 0 Å². The van der Waals surface area contributed by atoms with Crippen molar-refractivity contribution in [2.24, 2.45) is 5.92 Å². The molecule has 0 spiro atoms. The number of ether oxygens (including phenoxy) is 1. The molecular formula is C18H16Cl2FNO2. The fourth-order valence-electron chi connectivity index (χ4n) is 2.78. The van der Waals surface area contributed by atoms with Crippen molar-refractivity contribution in [2.75, 3.05) is 7.11 Å². The highest BCUT2D eigenvalue weighted by Crippen LogP contribution is 2.50. The molecule has 6 heteroatoms. The van der Waals surface area contributed by atoms with Gasteiger partial charge in [-0.1, -0.05) is 41.4 Å². The summed E-state index contributed by atoms with van der Waals surface area (Å²) in [6.45, 7) is 0.270. The van der Waals surface area contributed by atoms with Crippen molar-refractivity contribution in [3.63, 3.8) is 0 Å². The van der Waals surface area contributed by atoms with E-state index in [0.29, 0.717) is 15.6 Å². The minimum absolute atomic E-state index is 0.0627. The lowest BCUT2D eigenvalue weighted by Crippen LogP contribution is -2.25. The molecule has 1 fully saturated rings. The van der Waals surface area contributed by atoms with E-state index in [1.165, 1.54) is 13.2 Å². The average molecular weight is 368 g/mol. The van der Waals surface area contributed by atoms with E-state index in [1.807, 2.05) is 12.1 Å². The van der Waals surface area contributed by atoms with E-state index < -0.39 is 5.82 Å². The molecule has 126 valence electrons. The molecule has 2 aromatic rings. The first-order valence-corrected chi connectivity index (χ1v) is 8.31. The van der Waals surface area contributed by atoms with E-state index in [4.69, 9.17) is 27.9 Å². The van der Waals surface area contributed by atoms with Crippen LogP contribution in [0, 0.1) is 11.7 Å². The van der Waals surface area contributed by atoms with E-state index in [-0.39, 0.29) is 30.0 Å². The van der Waals surface area contributed by atoms with Gasteiger partial charge in [0.25, 0.3) is 0 Å². The number of rotatable bonds is 5. The van der Waals surface area contributed by atoms with Gasteiger partial charge in [0, 0.05) is 12.5 Å². The molecule has 1 aliphatic rings. The minimum Gasteiger partial charge on any atom is -0.494 e. The predicted molar refractivity (Wildman–Crippen MR) is 92.1 cm³/mol. The quantitative estimate of drug-likeness (QED) is 0.840. The van der Waals surface area contributed by atoms with Crippen LogP contribution in [0.25, 0.3) is 0 Å². The van der Waals surface area contributed by atoms with Crippen LogP contribution in [0.2, 0.25) is 10.0 Å². The summed E-state index contributed by atoms with van der Waals surface area (Å²) < 4.78 is 18.5. The summed E-state index contributed by atoms with van der Waals surface area (Å²) >= 11 is 12.2. The summed E-state index contributed by atoms with van der Waals surface area (Å²) in [6.07, 6.45) is 0.739. The molecule has 0 saturated heterocycles. The number of carbonyl (C=O) groups is 1. The summed E-state index contributed by atoms with van der Waals surface area (Å²) in [4.78, 5) is 12.3. The molecule has 0 heterocycles. The van der Waals surface area contributed by atoms with Gasteiger partial charge in [-0.25, -0.2) is 4.39 Å². The van der Waals surface area contributed by atoms with E-state index >= 15 is 0 Å². The first-order chi connectivity index (χ1) is 11.5. The van der Waals surface area contributed by atoms with Gasteiger partial charge in [-0.3, -0.25) is 4.79 Å². The van der Waals surface area contributed by atoms with E-state index in [1.54, 1.807) is 18.2 Å². The van der Waals surface area contributed by atoms with Crippen LogP contribution in [0.4, 0.5) is 4.39 Å². The fraction of sp³-hybridized carbons (Fsp3) is 0.278. The molecule has 0 unspecified atom stereocenters. The Hall–Kier alpha value is -1.78. The lowest BCUT2D eigenvalue weighted by Gasteiger charge is -2.08. The van der Waals surface area contributed by atoms with Crippen molar-refractivity contribution in [1.29, 1.82) is 0 Å². The van der Waals surface area contributed by atoms with Crippen LogP contribution in [0.5, 0.6) is 5.75 Å². The lowest BCUT2D eigenvalue weighted by atomic mass is 10.1. The average Bonchev–Trinajstić information content (AvgIpc) is 3.36. The molecule has 0 aliphatic heterocycles. The molecule has 0 radical (unpaired) electrons. The SMILES string of the molecule is COc1ccc(CNC(=O)[C@@H]2C[C@H]2c2cccc(Cl)c2Cl)cc1F. The molecule has 1 saturated carbocycles. The van der Waals surface area contributed by atoms with E-state index in [2.05, 4.69) is 5.32 Å². The molecule has 1 N–H and O–H groups in total. The van der Waals surface area contributed by atoms with Crippen LogP contribution in [0.3, 0.4) is 0 Å². The van der Waals surface area contributed by atoms with Crippen molar-refractivity contribution < 1.29 is 13.9 Å². The Morgan fingerprint density at radius 1 is 1.33 bits per heavy atom. The summed E-state index contributed by atoms with van der Waals surface area (Å²) in [7, 11) is 1.41. The molecule has 1 amide bonds. The summed E-state index contributed by atoms with van der Waals surface area (Å²) in [5.74, 6) is -0.359. The fourth-order valence-corrected chi connectivity index (χ4v) is 3.22. The summed E-state index contributed by atoms with van der Waals surface area (Å²) in [5.41, 5.74) is 1.58. The van der Waals surface area contributed by atoms with Crippen molar-refractivity contribution in [1.82, 2.24) is 5.32 Å². The van der Waals surface area contributed by atoms with Gasteiger partial charge in [0.15, 0.2) is 11.6 Å².